The van der Waals surface area contributed by atoms with Crippen LogP contribution < -0.4 is 0 Å². The summed E-state index contributed by atoms with van der Waals surface area (Å²) in [5.74, 6) is -0.324. The zero-order valence-electron chi connectivity index (χ0n) is 10.4. The van der Waals surface area contributed by atoms with Crippen molar-refractivity contribution >= 4 is 12.0 Å². The fraction of sp³-hybridized carbons (Fsp3) is 0.357. The Morgan fingerprint density at radius 3 is 2.35 bits per heavy atom. The summed E-state index contributed by atoms with van der Waals surface area (Å²) in [6.45, 7) is 5.52. The molecule has 92 valence electrons. The number of hydrogen-bond acceptors (Lipinski definition) is 3. The molecule has 0 saturated heterocycles. The fourth-order valence-electron chi connectivity index (χ4n) is 1.26. The largest absolute Gasteiger partial charge is 0.456 e. The minimum atomic E-state index is -0.480. The van der Waals surface area contributed by atoms with Crippen molar-refractivity contribution in [2.45, 2.75) is 26.4 Å². The first-order chi connectivity index (χ1) is 7.92. The van der Waals surface area contributed by atoms with E-state index in [1.165, 1.54) is 0 Å². The predicted molar refractivity (Wildman–Crippen MR) is 67.7 cm³/mol. The van der Waals surface area contributed by atoms with Gasteiger partial charge in [-0.25, -0.2) is 4.79 Å². The van der Waals surface area contributed by atoms with Crippen LogP contribution in [-0.2, 0) is 4.74 Å². The molecule has 0 unspecified atom stereocenters. The SMILES string of the molecule is CC(C)(C)OC(=O)c1ccc(C=CCO)cc1. The second-order valence-corrected chi connectivity index (χ2v) is 4.71. The molecule has 1 rings (SSSR count). The van der Waals surface area contributed by atoms with Gasteiger partial charge in [-0.05, 0) is 38.5 Å². The third-order valence-corrected chi connectivity index (χ3v) is 1.96. The number of ether oxygens (including phenoxy) is 1. The Hall–Kier alpha value is -1.61. The summed E-state index contributed by atoms with van der Waals surface area (Å²) in [5.41, 5.74) is 0.986. The molecule has 0 bridgehead atoms. The number of hydrogen-bond donors (Lipinski definition) is 1. The lowest BCUT2D eigenvalue weighted by molar-refractivity contribution is 0.00695. The Kier molecular flexibility index (Phi) is 4.46. The van der Waals surface area contributed by atoms with E-state index in [1.807, 2.05) is 32.9 Å². The average Bonchev–Trinajstić information content (AvgIpc) is 2.24. The summed E-state index contributed by atoms with van der Waals surface area (Å²) in [6.07, 6.45) is 3.43. The van der Waals surface area contributed by atoms with Crippen LogP contribution in [0.5, 0.6) is 0 Å². The van der Waals surface area contributed by atoms with Crippen LogP contribution in [-0.4, -0.2) is 23.3 Å². The molecule has 1 aromatic carbocycles. The van der Waals surface area contributed by atoms with Gasteiger partial charge < -0.3 is 9.84 Å². The topological polar surface area (TPSA) is 46.5 Å². The summed E-state index contributed by atoms with van der Waals surface area (Å²) < 4.78 is 5.25. The molecule has 17 heavy (non-hydrogen) atoms. The van der Waals surface area contributed by atoms with Crippen molar-refractivity contribution in [1.29, 1.82) is 0 Å². The van der Waals surface area contributed by atoms with Gasteiger partial charge in [0, 0.05) is 0 Å². The van der Waals surface area contributed by atoms with E-state index in [1.54, 1.807) is 24.3 Å². The maximum atomic E-state index is 11.7. The first-order valence-corrected chi connectivity index (χ1v) is 5.53. The van der Waals surface area contributed by atoms with E-state index in [2.05, 4.69) is 0 Å². The van der Waals surface area contributed by atoms with Crippen LogP contribution in [0.25, 0.3) is 6.08 Å². The molecule has 3 heteroatoms. The lowest BCUT2D eigenvalue weighted by Gasteiger charge is -2.19. The second-order valence-electron chi connectivity index (χ2n) is 4.71. The highest BCUT2D eigenvalue weighted by Crippen LogP contribution is 2.13. The van der Waals surface area contributed by atoms with Gasteiger partial charge in [0.25, 0.3) is 0 Å². The smallest absolute Gasteiger partial charge is 0.338 e. The molecule has 0 saturated carbocycles. The maximum absolute atomic E-state index is 11.7. The summed E-state index contributed by atoms with van der Waals surface area (Å²) in [6, 6.07) is 7.05. The van der Waals surface area contributed by atoms with Crippen LogP contribution in [0.2, 0.25) is 0 Å². The van der Waals surface area contributed by atoms with E-state index in [-0.39, 0.29) is 12.6 Å². The maximum Gasteiger partial charge on any atom is 0.338 e. The molecule has 0 aromatic heterocycles. The summed E-state index contributed by atoms with van der Waals surface area (Å²) >= 11 is 0. The normalized spacial score (nSPS) is 11.8. The lowest BCUT2D eigenvalue weighted by Crippen LogP contribution is -2.23. The Labute approximate surface area is 102 Å². The summed E-state index contributed by atoms with van der Waals surface area (Å²) in [5, 5.41) is 8.64. The monoisotopic (exact) mass is 234 g/mol. The predicted octanol–water partition coefficient (Wildman–Crippen LogP) is 2.65. The molecule has 0 aliphatic heterocycles. The first-order valence-electron chi connectivity index (χ1n) is 5.53. The third kappa shape index (κ3) is 4.83. The van der Waals surface area contributed by atoms with E-state index in [9.17, 15) is 4.79 Å². The van der Waals surface area contributed by atoms with Crippen molar-refractivity contribution < 1.29 is 14.6 Å². The highest BCUT2D eigenvalue weighted by Gasteiger charge is 2.17. The Balaban J connectivity index is 2.74. The van der Waals surface area contributed by atoms with Crippen molar-refractivity contribution in [2.75, 3.05) is 6.61 Å². The van der Waals surface area contributed by atoms with Crippen molar-refractivity contribution in [3.8, 4) is 0 Å². The Morgan fingerprint density at radius 2 is 1.88 bits per heavy atom. The van der Waals surface area contributed by atoms with Crippen LogP contribution in [0, 0.1) is 0 Å². The quantitative estimate of drug-likeness (QED) is 0.818. The standard InChI is InChI=1S/C14H18O3/c1-14(2,3)17-13(16)12-8-6-11(7-9-12)5-4-10-15/h4-9,15H,10H2,1-3H3. The van der Waals surface area contributed by atoms with Gasteiger partial charge in [-0.3, -0.25) is 0 Å². The highest BCUT2D eigenvalue weighted by molar-refractivity contribution is 5.89. The molecule has 0 amide bonds. The van der Waals surface area contributed by atoms with Gasteiger partial charge in [0.05, 0.1) is 12.2 Å². The van der Waals surface area contributed by atoms with E-state index >= 15 is 0 Å². The molecule has 0 atom stereocenters. The van der Waals surface area contributed by atoms with Crippen molar-refractivity contribution in [2.24, 2.45) is 0 Å². The molecule has 0 aliphatic carbocycles. The van der Waals surface area contributed by atoms with Crippen molar-refractivity contribution in [3.63, 3.8) is 0 Å². The van der Waals surface area contributed by atoms with Gasteiger partial charge in [0.2, 0.25) is 0 Å². The van der Waals surface area contributed by atoms with Gasteiger partial charge in [0.1, 0.15) is 5.60 Å². The average molecular weight is 234 g/mol. The first kappa shape index (κ1) is 13.5. The molecular formula is C14H18O3. The molecule has 1 aromatic rings. The summed E-state index contributed by atoms with van der Waals surface area (Å²) in [4.78, 5) is 11.7. The van der Waals surface area contributed by atoms with E-state index in [4.69, 9.17) is 9.84 Å². The van der Waals surface area contributed by atoms with Gasteiger partial charge in [-0.2, -0.15) is 0 Å². The molecule has 0 radical (unpaired) electrons. The van der Waals surface area contributed by atoms with Gasteiger partial charge in [-0.15, -0.1) is 0 Å². The Morgan fingerprint density at radius 1 is 1.29 bits per heavy atom. The minimum absolute atomic E-state index is 0.00776. The summed E-state index contributed by atoms with van der Waals surface area (Å²) in [7, 11) is 0. The van der Waals surface area contributed by atoms with E-state index in [0.717, 1.165) is 5.56 Å². The molecule has 1 N–H and O–H groups in total. The number of rotatable bonds is 3. The zero-order valence-corrected chi connectivity index (χ0v) is 10.4. The van der Waals surface area contributed by atoms with Crippen LogP contribution in [0.3, 0.4) is 0 Å². The van der Waals surface area contributed by atoms with Gasteiger partial charge in [-0.1, -0.05) is 24.3 Å². The number of aliphatic hydroxyl groups is 1. The van der Waals surface area contributed by atoms with Crippen LogP contribution in [0.4, 0.5) is 0 Å². The second kappa shape index (κ2) is 5.64. The van der Waals surface area contributed by atoms with Crippen molar-refractivity contribution in [3.05, 3.63) is 41.5 Å². The molecular weight excluding hydrogens is 216 g/mol. The van der Waals surface area contributed by atoms with Crippen molar-refractivity contribution in [1.82, 2.24) is 0 Å². The number of carbonyl (C=O) groups excluding carboxylic acids is 1. The molecule has 3 nitrogen and oxygen atoms in total. The van der Waals surface area contributed by atoms with E-state index < -0.39 is 5.60 Å². The lowest BCUT2D eigenvalue weighted by atomic mass is 10.1. The Bertz CT molecular complexity index is 396. The zero-order chi connectivity index (χ0) is 12.9. The molecule has 0 heterocycles. The molecule has 0 aliphatic rings. The number of esters is 1. The van der Waals surface area contributed by atoms with Crippen LogP contribution >= 0.6 is 0 Å². The molecule has 0 spiro atoms. The minimum Gasteiger partial charge on any atom is -0.456 e. The number of carbonyl (C=O) groups is 1. The van der Waals surface area contributed by atoms with Crippen LogP contribution in [0.1, 0.15) is 36.7 Å². The third-order valence-electron chi connectivity index (χ3n) is 1.96. The highest BCUT2D eigenvalue weighted by atomic mass is 16.6. The molecule has 0 fully saturated rings. The van der Waals surface area contributed by atoms with Gasteiger partial charge in [0.15, 0.2) is 0 Å². The van der Waals surface area contributed by atoms with Crippen LogP contribution in [0.15, 0.2) is 30.3 Å². The number of benzene rings is 1. The van der Waals surface area contributed by atoms with E-state index in [0.29, 0.717) is 5.56 Å². The van der Waals surface area contributed by atoms with Gasteiger partial charge >= 0.3 is 5.97 Å². The number of aliphatic hydroxyl groups excluding tert-OH is 1. The fourth-order valence-corrected chi connectivity index (χ4v) is 1.26.